The van der Waals surface area contributed by atoms with Crippen LogP contribution in [0.5, 0.6) is 17.2 Å². The van der Waals surface area contributed by atoms with Gasteiger partial charge in [0.2, 0.25) is 0 Å². The normalized spacial score (nSPS) is 19.6. The number of hydrogen-bond acceptors (Lipinski definition) is 7. The minimum absolute atomic E-state index is 0.0118. The Morgan fingerprint density at radius 2 is 1.90 bits per heavy atom. The first kappa shape index (κ1) is 26.2. The molecule has 3 heterocycles. The Bertz CT molecular complexity index is 1710. The number of methoxy groups -OCH3 is 1. The highest BCUT2D eigenvalue weighted by molar-refractivity contribution is 7.91. The summed E-state index contributed by atoms with van der Waals surface area (Å²) in [5.41, 5.74) is 3.18. The fraction of sp³-hybridized carbons (Fsp3) is 0.241. The lowest BCUT2D eigenvalue weighted by molar-refractivity contribution is 0.0677. The molecule has 1 aromatic heterocycles. The van der Waals surface area contributed by atoms with Gasteiger partial charge in [-0.1, -0.05) is 48.0 Å². The second-order valence-electron chi connectivity index (χ2n) is 9.88. The maximum atomic E-state index is 13.8. The van der Waals surface area contributed by atoms with E-state index in [1.807, 2.05) is 36.4 Å². The number of aromatic nitrogens is 2. The number of carbonyl (C=O) groups excluding carboxylic acids is 1. The van der Waals surface area contributed by atoms with Crippen LogP contribution in [0.3, 0.4) is 0 Å². The van der Waals surface area contributed by atoms with Gasteiger partial charge in [0.05, 0.1) is 24.7 Å². The number of aromatic amines is 1. The molecule has 2 unspecified atom stereocenters. The molecule has 1 fully saturated rings. The Labute approximate surface area is 236 Å². The van der Waals surface area contributed by atoms with Crippen LogP contribution in [0.25, 0.3) is 11.3 Å². The maximum absolute atomic E-state index is 13.8. The van der Waals surface area contributed by atoms with Crippen molar-refractivity contribution in [2.45, 2.75) is 25.1 Å². The quantitative estimate of drug-likeness (QED) is 0.324. The summed E-state index contributed by atoms with van der Waals surface area (Å²) in [7, 11) is -1.75. The van der Waals surface area contributed by atoms with Crippen LogP contribution >= 0.6 is 11.6 Å². The largest absolute Gasteiger partial charge is 0.507 e. The Morgan fingerprint density at radius 3 is 2.62 bits per heavy atom. The van der Waals surface area contributed by atoms with Crippen LogP contribution in [0, 0.1) is 0 Å². The van der Waals surface area contributed by atoms with E-state index in [0.717, 1.165) is 5.56 Å². The van der Waals surface area contributed by atoms with E-state index >= 15 is 0 Å². The molecule has 40 heavy (non-hydrogen) atoms. The molecule has 1 saturated heterocycles. The van der Waals surface area contributed by atoms with E-state index in [4.69, 9.17) is 21.1 Å². The fourth-order valence-electron chi connectivity index (χ4n) is 5.48. The number of amides is 1. The summed E-state index contributed by atoms with van der Waals surface area (Å²) in [6.07, 6.45) is 0.329. The third-order valence-corrected chi connectivity index (χ3v) is 9.35. The molecule has 2 aliphatic rings. The second kappa shape index (κ2) is 10.2. The Morgan fingerprint density at radius 1 is 1.10 bits per heavy atom. The molecule has 9 nitrogen and oxygen atoms in total. The number of rotatable bonds is 7. The predicted molar refractivity (Wildman–Crippen MR) is 150 cm³/mol. The number of ether oxygens (including phenoxy) is 2. The number of nitrogens with one attached hydrogen (secondary N) is 1. The van der Waals surface area contributed by atoms with Gasteiger partial charge in [-0.3, -0.25) is 9.89 Å². The van der Waals surface area contributed by atoms with E-state index in [9.17, 15) is 18.3 Å². The highest BCUT2D eigenvalue weighted by Crippen LogP contribution is 2.48. The zero-order valence-electron chi connectivity index (χ0n) is 21.5. The monoisotopic (exact) mass is 579 g/mol. The lowest BCUT2D eigenvalue weighted by atomic mass is 9.94. The van der Waals surface area contributed by atoms with Crippen LogP contribution < -0.4 is 9.47 Å². The average Bonchev–Trinajstić information content (AvgIpc) is 3.62. The fourth-order valence-corrected chi connectivity index (χ4v) is 7.36. The van der Waals surface area contributed by atoms with Crippen LogP contribution in [0.2, 0.25) is 5.02 Å². The number of fused-ring (bicyclic) bond motifs is 1. The van der Waals surface area contributed by atoms with Gasteiger partial charge in [-0.2, -0.15) is 5.10 Å². The van der Waals surface area contributed by atoms with E-state index in [1.54, 1.807) is 29.2 Å². The topological polar surface area (TPSA) is 122 Å². The number of halogens is 1. The van der Waals surface area contributed by atoms with Gasteiger partial charge in [0.15, 0.2) is 21.3 Å². The molecule has 0 bridgehead atoms. The van der Waals surface area contributed by atoms with Crippen molar-refractivity contribution in [1.82, 2.24) is 15.1 Å². The standard InChI is InChI=1S/C29H26ClN3O6S/c1-38-24-13-18(7-10-23(24)39-15-17-5-3-2-4-6-17)28-25-26(21-14-19(30)8-9-22(21)34)31-32-27(25)29(35)33(28)20-11-12-40(36,37)16-20/h2-10,13-14,20,28,34H,11-12,15-16H2,1H3,(H,31,32). The van der Waals surface area contributed by atoms with Gasteiger partial charge in [0.1, 0.15) is 23.7 Å². The van der Waals surface area contributed by atoms with Crippen molar-refractivity contribution in [2.75, 3.05) is 18.6 Å². The molecule has 1 amide bonds. The third-order valence-electron chi connectivity index (χ3n) is 7.36. The molecular weight excluding hydrogens is 554 g/mol. The van der Waals surface area contributed by atoms with Crippen LogP contribution in [0.15, 0.2) is 66.7 Å². The highest BCUT2D eigenvalue weighted by atomic mass is 35.5. The van der Waals surface area contributed by atoms with Crippen molar-refractivity contribution in [3.8, 4) is 28.5 Å². The zero-order chi connectivity index (χ0) is 28.0. The van der Waals surface area contributed by atoms with Gasteiger partial charge in [-0.25, -0.2) is 8.42 Å². The molecule has 0 radical (unpaired) electrons. The van der Waals surface area contributed by atoms with Crippen molar-refractivity contribution >= 4 is 27.3 Å². The molecular formula is C29H26ClN3O6S. The van der Waals surface area contributed by atoms with Gasteiger partial charge < -0.3 is 19.5 Å². The van der Waals surface area contributed by atoms with Gasteiger partial charge in [0, 0.05) is 22.2 Å². The minimum Gasteiger partial charge on any atom is -0.507 e. The van der Waals surface area contributed by atoms with Gasteiger partial charge in [0.25, 0.3) is 5.91 Å². The van der Waals surface area contributed by atoms with Crippen molar-refractivity contribution in [3.05, 3.63) is 94.1 Å². The summed E-state index contributed by atoms with van der Waals surface area (Å²) in [6, 6.07) is 18.5. The number of sulfone groups is 1. The Balaban J connectivity index is 1.45. The van der Waals surface area contributed by atoms with Crippen molar-refractivity contribution in [1.29, 1.82) is 0 Å². The van der Waals surface area contributed by atoms with E-state index in [0.29, 0.717) is 51.9 Å². The molecule has 0 spiro atoms. The van der Waals surface area contributed by atoms with Crippen molar-refractivity contribution in [2.24, 2.45) is 0 Å². The number of carbonyl (C=O) groups is 1. The number of phenolic OH excluding ortho intramolecular Hbond substituents is 1. The molecule has 11 heteroatoms. The molecule has 2 aliphatic heterocycles. The average molecular weight is 580 g/mol. The lowest BCUT2D eigenvalue weighted by Gasteiger charge is -2.31. The molecule has 2 atom stereocenters. The number of aromatic hydroxyl groups is 1. The van der Waals surface area contributed by atoms with Crippen LogP contribution in [-0.4, -0.2) is 59.2 Å². The highest BCUT2D eigenvalue weighted by Gasteiger charge is 2.48. The molecule has 4 aromatic rings. The maximum Gasteiger partial charge on any atom is 0.273 e. The van der Waals surface area contributed by atoms with Gasteiger partial charge in [-0.05, 0) is 47.9 Å². The summed E-state index contributed by atoms with van der Waals surface area (Å²) in [4.78, 5) is 15.4. The Hall–Kier alpha value is -4.02. The van der Waals surface area contributed by atoms with E-state index in [-0.39, 0.29) is 28.9 Å². The first-order valence-electron chi connectivity index (χ1n) is 12.7. The molecule has 0 saturated carbocycles. The molecule has 2 N–H and O–H groups in total. The first-order valence-corrected chi connectivity index (χ1v) is 14.9. The molecule has 6 rings (SSSR count). The lowest BCUT2D eigenvalue weighted by Crippen LogP contribution is -2.40. The summed E-state index contributed by atoms with van der Waals surface area (Å²) >= 11 is 6.24. The Kier molecular flexibility index (Phi) is 6.67. The van der Waals surface area contributed by atoms with Crippen molar-refractivity contribution < 1.29 is 27.8 Å². The number of H-pyrrole nitrogens is 1. The third kappa shape index (κ3) is 4.67. The number of phenols is 1. The number of hydrogen-bond donors (Lipinski definition) is 2. The summed E-state index contributed by atoms with van der Waals surface area (Å²) < 4.78 is 36.5. The van der Waals surface area contributed by atoms with Gasteiger partial charge >= 0.3 is 0 Å². The molecule has 3 aromatic carbocycles. The SMILES string of the molecule is COc1cc(C2c3c(-c4cc(Cl)ccc4O)n[nH]c3C(=O)N2C2CCS(=O)(=O)C2)ccc1OCc1ccccc1. The summed E-state index contributed by atoms with van der Waals surface area (Å²) in [6.45, 7) is 0.342. The molecule has 0 aliphatic carbocycles. The van der Waals surface area contributed by atoms with E-state index in [1.165, 1.54) is 13.2 Å². The van der Waals surface area contributed by atoms with E-state index < -0.39 is 21.9 Å². The van der Waals surface area contributed by atoms with Gasteiger partial charge in [-0.15, -0.1) is 0 Å². The minimum atomic E-state index is -3.28. The molecule has 206 valence electrons. The second-order valence-corrected chi connectivity index (χ2v) is 12.5. The van der Waals surface area contributed by atoms with Crippen LogP contribution in [-0.2, 0) is 16.4 Å². The first-order chi connectivity index (χ1) is 19.3. The van der Waals surface area contributed by atoms with E-state index in [2.05, 4.69) is 10.2 Å². The van der Waals surface area contributed by atoms with Crippen molar-refractivity contribution in [3.63, 3.8) is 0 Å². The van der Waals surface area contributed by atoms with Crippen LogP contribution in [0.1, 0.15) is 39.6 Å². The number of benzene rings is 3. The summed E-state index contributed by atoms with van der Waals surface area (Å²) in [5.74, 6) is 0.469. The smallest absolute Gasteiger partial charge is 0.273 e. The number of nitrogens with zero attached hydrogens (tertiary/aromatic N) is 2. The summed E-state index contributed by atoms with van der Waals surface area (Å²) in [5, 5.41) is 18.3. The zero-order valence-corrected chi connectivity index (χ0v) is 23.1. The predicted octanol–water partition coefficient (Wildman–Crippen LogP) is 4.76. The van der Waals surface area contributed by atoms with Crippen LogP contribution in [0.4, 0.5) is 0 Å².